The Kier molecular flexibility index (Phi) is 4.78. The Balaban J connectivity index is 1.87. The van der Waals surface area contributed by atoms with Crippen molar-refractivity contribution < 1.29 is 9.53 Å². The van der Waals surface area contributed by atoms with E-state index in [1.165, 1.54) is 11.3 Å². The smallest absolute Gasteiger partial charge is 0.190 e. The first-order chi connectivity index (χ1) is 8.66. The van der Waals surface area contributed by atoms with E-state index in [4.69, 9.17) is 27.9 Å². The van der Waals surface area contributed by atoms with Crippen molar-refractivity contribution in [2.75, 3.05) is 6.61 Å². The molecule has 0 saturated heterocycles. The largest absolute Gasteiger partial charge is 0.369 e. The molecule has 5 heteroatoms. The first kappa shape index (κ1) is 13.6. The number of hydrogen-bond acceptors (Lipinski definition) is 3. The van der Waals surface area contributed by atoms with Crippen LogP contribution in [0.4, 0.5) is 0 Å². The molecule has 0 spiro atoms. The first-order valence-electron chi connectivity index (χ1n) is 5.26. The van der Waals surface area contributed by atoms with Gasteiger partial charge in [0.1, 0.15) is 10.9 Å². The lowest BCUT2D eigenvalue weighted by molar-refractivity contribution is 0.0727. The van der Waals surface area contributed by atoms with Gasteiger partial charge in [-0.2, -0.15) is 0 Å². The fraction of sp³-hybridized carbons (Fsp3) is 0.154. The van der Waals surface area contributed by atoms with Gasteiger partial charge >= 0.3 is 0 Å². The summed E-state index contributed by atoms with van der Waals surface area (Å²) < 4.78 is 6.27. The van der Waals surface area contributed by atoms with Gasteiger partial charge < -0.3 is 4.74 Å². The summed E-state index contributed by atoms with van der Waals surface area (Å²) in [7, 11) is 0. The molecule has 2 aromatic rings. The molecule has 0 fully saturated rings. The number of ketones is 1. The standard InChI is InChI=1S/C13H10Cl2O2S/c14-12-6-10(13(15)18-12)11(16)8-17-7-9-4-2-1-3-5-9/h1-6H,7-8H2. The molecule has 2 rings (SSSR count). The van der Waals surface area contributed by atoms with Crippen LogP contribution in [0.3, 0.4) is 0 Å². The second kappa shape index (κ2) is 6.34. The van der Waals surface area contributed by atoms with Gasteiger partial charge in [-0.05, 0) is 11.6 Å². The summed E-state index contributed by atoms with van der Waals surface area (Å²) >= 11 is 12.9. The van der Waals surface area contributed by atoms with Crippen molar-refractivity contribution in [3.8, 4) is 0 Å². The molecule has 0 bridgehead atoms. The molecule has 2 nitrogen and oxygen atoms in total. The minimum absolute atomic E-state index is 0.00166. The Morgan fingerprint density at radius 3 is 2.56 bits per heavy atom. The molecule has 0 aliphatic carbocycles. The van der Waals surface area contributed by atoms with Gasteiger partial charge in [-0.3, -0.25) is 4.79 Å². The number of rotatable bonds is 5. The molecule has 0 amide bonds. The molecular formula is C13H10Cl2O2S. The SMILES string of the molecule is O=C(COCc1ccccc1)c1cc(Cl)sc1Cl. The topological polar surface area (TPSA) is 26.3 Å². The lowest BCUT2D eigenvalue weighted by Crippen LogP contribution is -2.08. The van der Waals surface area contributed by atoms with Crippen LogP contribution >= 0.6 is 34.5 Å². The van der Waals surface area contributed by atoms with Crippen LogP contribution in [0.15, 0.2) is 36.4 Å². The Morgan fingerprint density at radius 2 is 1.94 bits per heavy atom. The predicted octanol–water partition coefficient (Wildman–Crippen LogP) is 4.45. The van der Waals surface area contributed by atoms with E-state index >= 15 is 0 Å². The van der Waals surface area contributed by atoms with Crippen LogP contribution in [0.2, 0.25) is 8.67 Å². The molecule has 0 unspecified atom stereocenters. The van der Waals surface area contributed by atoms with Crippen molar-refractivity contribution in [1.82, 2.24) is 0 Å². The van der Waals surface area contributed by atoms with Crippen LogP contribution < -0.4 is 0 Å². The molecule has 1 aromatic carbocycles. The maximum Gasteiger partial charge on any atom is 0.190 e. The van der Waals surface area contributed by atoms with E-state index in [9.17, 15) is 4.79 Å². The molecule has 0 N–H and O–H groups in total. The van der Waals surface area contributed by atoms with Crippen LogP contribution in [0.1, 0.15) is 15.9 Å². The molecule has 18 heavy (non-hydrogen) atoms. The Hall–Kier alpha value is -0.870. The summed E-state index contributed by atoms with van der Waals surface area (Å²) in [4.78, 5) is 11.8. The zero-order valence-electron chi connectivity index (χ0n) is 9.36. The maximum absolute atomic E-state index is 11.8. The van der Waals surface area contributed by atoms with Crippen molar-refractivity contribution >= 4 is 40.3 Å². The molecule has 0 aliphatic rings. The zero-order chi connectivity index (χ0) is 13.0. The molecule has 1 aromatic heterocycles. The van der Waals surface area contributed by atoms with Crippen molar-refractivity contribution in [2.45, 2.75) is 6.61 Å². The average molecular weight is 301 g/mol. The van der Waals surface area contributed by atoms with Gasteiger partial charge in [0, 0.05) is 0 Å². The fourth-order valence-electron chi connectivity index (χ4n) is 1.44. The second-order valence-corrected chi connectivity index (χ2v) is 5.93. The van der Waals surface area contributed by atoms with Gasteiger partial charge in [0.05, 0.1) is 16.5 Å². The monoisotopic (exact) mass is 300 g/mol. The summed E-state index contributed by atoms with van der Waals surface area (Å²) in [5, 5.41) is 0. The number of Topliss-reactive ketones (excluding diaryl/α,β-unsaturated/α-hetero) is 1. The zero-order valence-corrected chi connectivity index (χ0v) is 11.7. The van der Waals surface area contributed by atoms with Gasteiger partial charge in [0.15, 0.2) is 5.78 Å². The maximum atomic E-state index is 11.8. The highest BCUT2D eigenvalue weighted by molar-refractivity contribution is 7.20. The molecule has 0 radical (unpaired) electrons. The highest BCUT2D eigenvalue weighted by Gasteiger charge is 2.14. The normalized spacial score (nSPS) is 10.6. The van der Waals surface area contributed by atoms with Crippen LogP contribution in [-0.4, -0.2) is 12.4 Å². The van der Waals surface area contributed by atoms with Crippen molar-refractivity contribution in [3.63, 3.8) is 0 Å². The van der Waals surface area contributed by atoms with Gasteiger partial charge in [-0.25, -0.2) is 0 Å². The van der Waals surface area contributed by atoms with E-state index in [2.05, 4.69) is 0 Å². The third-order valence-electron chi connectivity index (χ3n) is 2.30. The summed E-state index contributed by atoms with van der Waals surface area (Å²) in [5.41, 5.74) is 1.46. The van der Waals surface area contributed by atoms with Crippen molar-refractivity contribution in [3.05, 3.63) is 56.2 Å². The lowest BCUT2D eigenvalue weighted by atomic mass is 10.2. The third kappa shape index (κ3) is 3.56. The average Bonchev–Trinajstić information content (AvgIpc) is 2.70. The van der Waals surface area contributed by atoms with Crippen LogP contribution in [-0.2, 0) is 11.3 Å². The molecule has 0 atom stereocenters. The summed E-state index contributed by atoms with van der Waals surface area (Å²) in [6.45, 7) is 0.406. The molecular weight excluding hydrogens is 291 g/mol. The van der Waals surface area contributed by atoms with Crippen molar-refractivity contribution in [2.24, 2.45) is 0 Å². The van der Waals surface area contributed by atoms with Crippen molar-refractivity contribution in [1.29, 1.82) is 0 Å². The predicted molar refractivity (Wildman–Crippen MR) is 74.8 cm³/mol. The van der Waals surface area contributed by atoms with E-state index < -0.39 is 0 Å². The van der Waals surface area contributed by atoms with E-state index in [0.29, 0.717) is 20.8 Å². The lowest BCUT2D eigenvalue weighted by Gasteiger charge is -2.03. The third-order valence-corrected chi connectivity index (χ3v) is 3.79. The van der Waals surface area contributed by atoms with Crippen LogP contribution in [0.5, 0.6) is 0 Å². The number of hydrogen-bond donors (Lipinski definition) is 0. The minimum Gasteiger partial charge on any atom is -0.369 e. The van der Waals surface area contributed by atoms with Crippen LogP contribution in [0.25, 0.3) is 0 Å². The molecule has 0 saturated carbocycles. The molecule has 0 aliphatic heterocycles. The van der Waals surface area contributed by atoms with E-state index in [1.807, 2.05) is 30.3 Å². The quantitative estimate of drug-likeness (QED) is 0.762. The number of carbonyl (C=O) groups is 1. The van der Waals surface area contributed by atoms with Gasteiger partial charge in [0.2, 0.25) is 0 Å². The Labute approximate surface area is 119 Å². The number of halogens is 2. The molecule has 1 heterocycles. The summed E-state index contributed by atoms with van der Waals surface area (Å²) in [5.74, 6) is -0.154. The number of thiophene rings is 1. The number of benzene rings is 1. The Morgan fingerprint density at radius 1 is 1.22 bits per heavy atom. The fourth-order valence-corrected chi connectivity index (χ4v) is 2.94. The number of ether oxygens (including phenoxy) is 1. The highest BCUT2D eigenvalue weighted by Crippen LogP contribution is 2.31. The van der Waals surface area contributed by atoms with E-state index in [-0.39, 0.29) is 12.4 Å². The first-order valence-corrected chi connectivity index (χ1v) is 6.84. The van der Waals surface area contributed by atoms with Crippen LogP contribution in [0, 0.1) is 0 Å². The molecule has 94 valence electrons. The minimum atomic E-state index is -0.154. The second-order valence-electron chi connectivity index (χ2n) is 3.64. The summed E-state index contributed by atoms with van der Waals surface area (Å²) in [6, 6.07) is 11.2. The summed E-state index contributed by atoms with van der Waals surface area (Å²) in [6.07, 6.45) is 0. The van der Waals surface area contributed by atoms with E-state index in [0.717, 1.165) is 5.56 Å². The van der Waals surface area contributed by atoms with Gasteiger partial charge in [-0.1, -0.05) is 53.5 Å². The number of carbonyl (C=O) groups excluding carboxylic acids is 1. The van der Waals surface area contributed by atoms with E-state index in [1.54, 1.807) is 6.07 Å². The Bertz CT molecular complexity index is 537. The van der Waals surface area contributed by atoms with Gasteiger partial charge in [0.25, 0.3) is 0 Å². The highest BCUT2D eigenvalue weighted by atomic mass is 35.5. The van der Waals surface area contributed by atoms with Gasteiger partial charge in [-0.15, -0.1) is 11.3 Å².